The van der Waals surface area contributed by atoms with E-state index in [2.05, 4.69) is 18.8 Å². The molecule has 1 amide bonds. The Morgan fingerprint density at radius 1 is 0.769 bits per heavy atom. The second-order valence-corrected chi connectivity index (χ2v) is 7.01. The molecule has 0 radical (unpaired) electrons. The topological polar surface area (TPSA) is 57.6 Å². The lowest BCUT2D eigenvalue weighted by Gasteiger charge is -2.14. The van der Waals surface area contributed by atoms with E-state index in [1.807, 2.05) is 0 Å². The number of aliphatic carboxylic acids is 1. The van der Waals surface area contributed by atoms with Crippen LogP contribution in [0.25, 0.3) is 0 Å². The number of hydrogen-bond acceptors (Lipinski definition) is 2. The van der Waals surface area contributed by atoms with E-state index in [1.54, 1.807) is 6.92 Å². The molecule has 1 N–H and O–H groups in total. The largest absolute Gasteiger partial charge is 0.480 e. The minimum atomic E-state index is -1.00. The van der Waals surface area contributed by atoms with Crippen LogP contribution >= 0.6 is 0 Å². The summed E-state index contributed by atoms with van der Waals surface area (Å²) < 4.78 is 0. The number of likely N-dealkylation sites (N-methyl/N-ethyl adjacent to an activating group) is 1. The monoisotopic (exact) mass is 365 g/mol. The van der Waals surface area contributed by atoms with Crippen LogP contribution in [0.4, 0.5) is 0 Å². The second-order valence-electron chi connectivity index (χ2n) is 7.01. The highest BCUT2D eigenvalue weighted by atomic mass is 16.4. The lowest BCUT2D eigenvalue weighted by atomic mass is 10.0. The lowest BCUT2D eigenvalue weighted by Crippen LogP contribution is -2.34. The Bertz CT molecular complexity index is 423. The van der Waals surface area contributed by atoms with Crippen molar-refractivity contribution in [2.24, 2.45) is 0 Å². The Kier molecular flexibility index (Phi) is 17.2. The lowest BCUT2D eigenvalue weighted by molar-refractivity contribution is -0.142. The molecule has 150 valence electrons. The molecule has 4 heteroatoms. The first-order valence-electron chi connectivity index (χ1n) is 10.6. The standard InChI is InChI=1S/C22H39NO3/c1-3-5-6-7-8-9-10-11-12-13-14-15-16-17-18-19-21(24)23(4-2)20-22(25)26/h3-17,20H2,1-2H3,(H,25,26). The van der Waals surface area contributed by atoms with Gasteiger partial charge in [-0.25, -0.2) is 0 Å². The first-order valence-corrected chi connectivity index (χ1v) is 10.6. The molecule has 0 fully saturated rings. The third kappa shape index (κ3) is 16.0. The van der Waals surface area contributed by atoms with E-state index in [0.29, 0.717) is 13.0 Å². The number of carbonyl (C=O) groups excluding carboxylic acids is 1. The number of hydrogen-bond donors (Lipinski definition) is 1. The summed E-state index contributed by atoms with van der Waals surface area (Å²) in [7, 11) is 0. The summed E-state index contributed by atoms with van der Waals surface area (Å²) in [6.07, 6.45) is 17.8. The molecule has 0 atom stereocenters. The zero-order valence-corrected chi connectivity index (χ0v) is 17.0. The maximum Gasteiger partial charge on any atom is 0.323 e. The third-order valence-electron chi connectivity index (χ3n) is 4.60. The van der Waals surface area contributed by atoms with E-state index in [9.17, 15) is 9.59 Å². The predicted octanol–water partition coefficient (Wildman–Crippen LogP) is 5.40. The number of nitrogens with zero attached hydrogens (tertiary/aromatic N) is 1. The molecule has 0 aromatic heterocycles. The summed E-state index contributed by atoms with van der Waals surface area (Å²) >= 11 is 0. The molecule has 0 aromatic rings. The fourth-order valence-electron chi connectivity index (χ4n) is 2.94. The molecule has 0 saturated carbocycles. The Labute approximate surface area is 160 Å². The highest BCUT2D eigenvalue weighted by molar-refractivity contribution is 5.95. The smallest absolute Gasteiger partial charge is 0.323 e. The molecule has 0 bridgehead atoms. The summed E-state index contributed by atoms with van der Waals surface area (Å²) in [5, 5.41) is 8.73. The van der Waals surface area contributed by atoms with Gasteiger partial charge in [0.2, 0.25) is 0 Å². The normalized spacial score (nSPS) is 10.2. The quantitative estimate of drug-likeness (QED) is 0.294. The Hall–Kier alpha value is -1.50. The van der Waals surface area contributed by atoms with Crippen molar-refractivity contribution in [2.75, 3.05) is 13.1 Å². The third-order valence-corrected chi connectivity index (χ3v) is 4.60. The van der Waals surface area contributed by atoms with E-state index >= 15 is 0 Å². The Morgan fingerprint density at radius 2 is 1.23 bits per heavy atom. The van der Waals surface area contributed by atoms with Crippen LogP contribution in [0, 0.1) is 11.8 Å². The van der Waals surface area contributed by atoms with E-state index in [0.717, 1.165) is 12.8 Å². The van der Waals surface area contributed by atoms with Crippen LogP contribution in [0.3, 0.4) is 0 Å². The molecule has 0 spiro atoms. The average Bonchev–Trinajstić information content (AvgIpc) is 2.62. The Morgan fingerprint density at radius 3 is 1.65 bits per heavy atom. The molecule has 0 aliphatic heterocycles. The highest BCUT2D eigenvalue weighted by Gasteiger charge is 2.11. The van der Waals surface area contributed by atoms with Crippen molar-refractivity contribution in [2.45, 2.75) is 104 Å². The fourth-order valence-corrected chi connectivity index (χ4v) is 2.94. The first kappa shape index (κ1) is 24.5. The van der Waals surface area contributed by atoms with Gasteiger partial charge in [0.25, 0.3) is 5.91 Å². The van der Waals surface area contributed by atoms with Gasteiger partial charge in [0.1, 0.15) is 6.54 Å². The minimum Gasteiger partial charge on any atom is -0.480 e. The zero-order valence-electron chi connectivity index (χ0n) is 17.0. The summed E-state index contributed by atoms with van der Waals surface area (Å²) in [6, 6.07) is 0. The van der Waals surface area contributed by atoms with Gasteiger partial charge < -0.3 is 10.0 Å². The van der Waals surface area contributed by atoms with Gasteiger partial charge in [-0.05, 0) is 19.3 Å². The van der Waals surface area contributed by atoms with E-state index in [4.69, 9.17) is 5.11 Å². The van der Waals surface area contributed by atoms with Crippen molar-refractivity contribution in [3.8, 4) is 11.8 Å². The van der Waals surface area contributed by atoms with Crippen molar-refractivity contribution in [1.82, 2.24) is 4.90 Å². The van der Waals surface area contributed by atoms with Gasteiger partial charge in [-0.2, -0.15) is 0 Å². The summed E-state index contributed by atoms with van der Waals surface area (Å²) in [4.78, 5) is 23.6. The molecule has 0 rings (SSSR count). The van der Waals surface area contributed by atoms with Crippen molar-refractivity contribution < 1.29 is 14.7 Å². The molecular formula is C22H39NO3. The first-order chi connectivity index (χ1) is 12.6. The van der Waals surface area contributed by atoms with Gasteiger partial charge >= 0.3 is 5.97 Å². The molecule has 0 saturated heterocycles. The number of unbranched alkanes of at least 4 members (excludes halogenated alkanes) is 13. The second kappa shape index (κ2) is 18.3. The maximum atomic E-state index is 11.7. The highest BCUT2D eigenvalue weighted by Crippen LogP contribution is 2.12. The van der Waals surface area contributed by atoms with Crippen LogP contribution in [0.5, 0.6) is 0 Å². The van der Waals surface area contributed by atoms with Crippen molar-refractivity contribution in [3.63, 3.8) is 0 Å². The van der Waals surface area contributed by atoms with E-state index in [-0.39, 0.29) is 12.5 Å². The van der Waals surface area contributed by atoms with Crippen LogP contribution in [-0.4, -0.2) is 35.0 Å². The predicted molar refractivity (Wildman–Crippen MR) is 108 cm³/mol. The molecule has 0 aliphatic rings. The number of amides is 1. The molecule has 0 aromatic carbocycles. The van der Waals surface area contributed by atoms with Crippen LogP contribution in [0.15, 0.2) is 0 Å². The molecular weight excluding hydrogens is 326 g/mol. The Balaban J connectivity index is 3.46. The minimum absolute atomic E-state index is 0.275. The summed E-state index contributed by atoms with van der Waals surface area (Å²) in [5.41, 5.74) is 0. The maximum absolute atomic E-state index is 11.7. The number of rotatable bonds is 16. The van der Waals surface area contributed by atoms with Crippen LogP contribution in [-0.2, 0) is 9.59 Å². The molecule has 0 heterocycles. The van der Waals surface area contributed by atoms with Gasteiger partial charge in [0, 0.05) is 13.0 Å². The molecule has 0 aliphatic carbocycles. The SMILES string of the molecule is CCCCCCCCCCCCCCCC#CC(=O)N(CC)CC(=O)O. The fraction of sp³-hybridized carbons (Fsp3) is 0.818. The van der Waals surface area contributed by atoms with Crippen molar-refractivity contribution in [1.29, 1.82) is 0 Å². The van der Waals surface area contributed by atoms with Gasteiger partial charge in [-0.3, -0.25) is 9.59 Å². The van der Waals surface area contributed by atoms with Crippen molar-refractivity contribution >= 4 is 11.9 Å². The van der Waals surface area contributed by atoms with Gasteiger partial charge in [0.15, 0.2) is 0 Å². The van der Waals surface area contributed by atoms with Crippen LogP contribution in [0.1, 0.15) is 104 Å². The van der Waals surface area contributed by atoms with Crippen LogP contribution in [0.2, 0.25) is 0 Å². The molecule has 0 unspecified atom stereocenters. The molecule has 26 heavy (non-hydrogen) atoms. The molecule has 4 nitrogen and oxygen atoms in total. The zero-order chi connectivity index (χ0) is 19.5. The van der Waals surface area contributed by atoms with Gasteiger partial charge in [-0.15, -0.1) is 0 Å². The van der Waals surface area contributed by atoms with Crippen molar-refractivity contribution in [3.05, 3.63) is 0 Å². The summed E-state index contributed by atoms with van der Waals surface area (Å²) in [5.74, 6) is 4.05. The number of carbonyl (C=O) groups is 2. The van der Waals surface area contributed by atoms with E-state index in [1.165, 1.54) is 75.5 Å². The summed E-state index contributed by atoms with van der Waals surface area (Å²) in [6.45, 7) is 4.12. The van der Waals surface area contributed by atoms with Gasteiger partial charge in [0.05, 0.1) is 0 Å². The number of carboxylic acid groups (broad SMARTS) is 1. The van der Waals surface area contributed by atoms with Gasteiger partial charge in [-0.1, -0.05) is 89.9 Å². The number of carboxylic acids is 1. The van der Waals surface area contributed by atoms with Crippen LogP contribution < -0.4 is 0 Å². The van der Waals surface area contributed by atoms with E-state index < -0.39 is 5.97 Å². The average molecular weight is 366 g/mol.